The van der Waals surface area contributed by atoms with Gasteiger partial charge in [0.25, 0.3) is 0 Å². The number of ether oxygens (including phenoxy) is 1. The molecule has 1 aliphatic heterocycles. The van der Waals surface area contributed by atoms with Crippen molar-refractivity contribution in [3.63, 3.8) is 0 Å². The van der Waals surface area contributed by atoms with Crippen LogP contribution in [-0.2, 0) is 11.3 Å². The van der Waals surface area contributed by atoms with Gasteiger partial charge in [-0.3, -0.25) is 4.90 Å². The lowest BCUT2D eigenvalue weighted by molar-refractivity contribution is 0.00337. The molecule has 4 heteroatoms. The van der Waals surface area contributed by atoms with Crippen LogP contribution in [0.25, 0.3) is 0 Å². The third-order valence-electron chi connectivity index (χ3n) is 3.65. The summed E-state index contributed by atoms with van der Waals surface area (Å²) in [5, 5.41) is 0. The van der Waals surface area contributed by atoms with Crippen molar-refractivity contribution >= 4 is 0 Å². The zero-order chi connectivity index (χ0) is 15.1. The van der Waals surface area contributed by atoms with Crippen molar-refractivity contribution in [2.75, 3.05) is 26.2 Å². The zero-order valence-electron chi connectivity index (χ0n) is 12.6. The molecule has 114 valence electrons. The van der Waals surface area contributed by atoms with Gasteiger partial charge in [-0.25, -0.2) is 4.39 Å². The van der Waals surface area contributed by atoms with Crippen LogP contribution in [0.5, 0.6) is 0 Å². The number of hydrogen-bond acceptors (Lipinski definition) is 3. The van der Waals surface area contributed by atoms with E-state index in [1.54, 1.807) is 0 Å². The van der Waals surface area contributed by atoms with Crippen molar-refractivity contribution in [2.24, 2.45) is 5.73 Å². The molecular formula is C17H23FN2O. The van der Waals surface area contributed by atoms with Crippen molar-refractivity contribution in [2.45, 2.75) is 32.4 Å². The molecule has 1 fully saturated rings. The van der Waals surface area contributed by atoms with Gasteiger partial charge in [0.05, 0.1) is 12.6 Å². The van der Waals surface area contributed by atoms with Gasteiger partial charge in [-0.15, -0.1) is 0 Å². The van der Waals surface area contributed by atoms with Gasteiger partial charge in [0.2, 0.25) is 0 Å². The normalized spacial score (nSPS) is 19.1. The fourth-order valence-corrected chi connectivity index (χ4v) is 2.68. The van der Waals surface area contributed by atoms with Crippen LogP contribution in [0.15, 0.2) is 18.2 Å². The molecule has 2 N–H and O–H groups in total. The Morgan fingerprint density at radius 1 is 1.48 bits per heavy atom. The van der Waals surface area contributed by atoms with Crippen LogP contribution in [0.3, 0.4) is 0 Å². The minimum atomic E-state index is -0.197. The average molecular weight is 290 g/mol. The lowest BCUT2D eigenvalue weighted by Crippen LogP contribution is -2.39. The van der Waals surface area contributed by atoms with Crippen LogP contribution in [0.1, 0.15) is 30.9 Å². The molecule has 0 aliphatic carbocycles. The predicted octanol–water partition coefficient (Wildman–Crippen LogP) is 2.14. The molecule has 0 amide bonds. The molecule has 1 aromatic carbocycles. The maximum Gasteiger partial charge on any atom is 0.128 e. The van der Waals surface area contributed by atoms with Crippen LogP contribution in [-0.4, -0.2) is 37.2 Å². The fourth-order valence-electron chi connectivity index (χ4n) is 2.68. The molecule has 0 saturated carbocycles. The maximum absolute atomic E-state index is 14.1. The summed E-state index contributed by atoms with van der Waals surface area (Å²) in [6.07, 6.45) is 2.48. The summed E-state index contributed by atoms with van der Waals surface area (Å²) < 4.78 is 19.8. The minimum absolute atomic E-state index is 0.197. The third-order valence-corrected chi connectivity index (χ3v) is 3.65. The van der Waals surface area contributed by atoms with Crippen LogP contribution < -0.4 is 5.73 Å². The van der Waals surface area contributed by atoms with Gasteiger partial charge in [0, 0.05) is 30.8 Å². The first-order valence-electron chi connectivity index (χ1n) is 7.54. The summed E-state index contributed by atoms with van der Waals surface area (Å²) in [7, 11) is 0. The summed E-state index contributed by atoms with van der Waals surface area (Å²) >= 11 is 0. The van der Waals surface area contributed by atoms with Crippen LogP contribution in [0.4, 0.5) is 4.39 Å². The SMILES string of the molecule is CCOC1CCCN(Cc2ccc(C#CCN)cc2F)C1. The lowest BCUT2D eigenvalue weighted by Gasteiger charge is -2.32. The molecule has 1 unspecified atom stereocenters. The van der Waals surface area contributed by atoms with Crippen LogP contribution in [0, 0.1) is 17.7 Å². The highest BCUT2D eigenvalue weighted by Crippen LogP contribution is 2.18. The number of nitrogens with zero attached hydrogens (tertiary/aromatic N) is 1. The molecule has 0 spiro atoms. The van der Waals surface area contributed by atoms with Crippen molar-refractivity contribution in [3.8, 4) is 11.8 Å². The van der Waals surface area contributed by atoms with Crippen molar-refractivity contribution in [1.29, 1.82) is 0 Å². The average Bonchev–Trinajstić information content (AvgIpc) is 2.48. The predicted molar refractivity (Wildman–Crippen MR) is 82.3 cm³/mol. The van der Waals surface area contributed by atoms with Gasteiger partial charge in [-0.05, 0) is 38.4 Å². The smallest absolute Gasteiger partial charge is 0.128 e. The Labute approximate surface area is 126 Å². The van der Waals surface area contributed by atoms with Crippen molar-refractivity contribution in [3.05, 3.63) is 35.1 Å². The Bertz CT molecular complexity index is 519. The number of rotatable bonds is 4. The molecule has 1 aliphatic rings. The maximum atomic E-state index is 14.1. The van der Waals surface area contributed by atoms with E-state index in [-0.39, 0.29) is 18.5 Å². The molecule has 1 heterocycles. The van der Waals surface area contributed by atoms with Crippen LogP contribution >= 0.6 is 0 Å². The number of hydrogen-bond donors (Lipinski definition) is 1. The lowest BCUT2D eigenvalue weighted by atomic mass is 10.1. The molecule has 1 saturated heterocycles. The van der Waals surface area contributed by atoms with Gasteiger partial charge < -0.3 is 10.5 Å². The second-order valence-electron chi connectivity index (χ2n) is 5.27. The summed E-state index contributed by atoms with van der Waals surface area (Å²) in [6, 6.07) is 5.16. The Morgan fingerprint density at radius 3 is 3.05 bits per heavy atom. The number of nitrogens with two attached hydrogens (primary N) is 1. The molecule has 2 rings (SSSR count). The van der Waals surface area contributed by atoms with E-state index in [2.05, 4.69) is 16.7 Å². The van der Waals surface area contributed by atoms with Gasteiger partial charge in [0.15, 0.2) is 0 Å². The Balaban J connectivity index is 1.99. The summed E-state index contributed by atoms with van der Waals surface area (Å²) in [5.41, 5.74) is 6.71. The van der Waals surface area contributed by atoms with E-state index in [9.17, 15) is 4.39 Å². The number of halogens is 1. The van der Waals surface area contributed by atoms with Gasteiger partial charge in [0.1, 0.15) is 5.82 Å². The van der Waals surface area contributed by atoms with Crippen LogP contribution in [0.2, 0.25) is 0 Å². The molecule has 0 bridgehead atoms. The fraction of sp³-hybridized carbons (Fsp3) is 0.529. The van der Waals surface area contributed by atoms with Gasteiger partial charge in [-0.1, -0.05) is 17.9 Å². The highest BCUT2D eigenvalue weighted by atomic mass is 19.1. The summed E-state index contributed by atoms with van der Waals surface area (Å²) in [5.74, 6) is 5.39. The standard InChI is InChI=1S/C17H23FN2O/c1-2-21-16-6-4-10-20(13-16)12-15-8-7-14(5-3-9-19)11-17(15)18/h7-8,11,16H,2,4,6,9-10,12-13,19H2,1H3. The van der Waals surface area contributed by atoms with E-state index in [4.69, 9.17) is 10.5 Å². The monoisotopic (exact) mass is 290 g/mol. The summed E-state index contributed by atoms with van der Waals surface area (Å²) in [4.78, 5) is 2.26. The van der Waals surface area contributed by atoms with E-state index in [0.29, 0.717) is 17.7 Å². The first-order chi connectivity index (χ1) is 10.2. The third kappa shape index (κ3) is 4.82. The van der Waals surface area contributed by atoms with Gasteiger partial charge in [-0.2, -0.15) is 0 Å². The van der Waals surface area contributed by atoms with E-state index in [1.807, 2.05) is 19.1 Å². The minimum Gasteiger partial charge on any atom is -0.377 e. The van der Waals surface area contributed by atoms with Gasteiger partial charge >= 0.3 is 0 Å². The molecule has 1 aromatic rings. The van der Waals surface area contributed by atoms with Crippen molar-refractivity contribution in [1.82, 2.24) is 4.90 Å². The summed E-state index contributed by atoms with van der Waals surface area (Å²) in [6.45, 7) is 5.54. The van der Waals surface area contributed by atoms with E-state index in [0.717, 1.165) is 32.5 Å². The Hall–Kier alpha value is -1.41. The van der Waals surface area contributed by atoms with E-state index in [1.165, 1.54) is 6.07 Å². The quantitative estimate of drug-likeness (QED) is 0.864. The first kappa shape index (κ1) is 16.0. The zero-order valence-corrected chi connectivity index (χ0v) is 12.6. The molecule has 1 atom stereocenters. The highest BCUT2D eigenvalue weighted by molar-refractivity contribution is 5.37. The number of piperidine rings is 1. The largest absolute Gasteiger partial charge is 0.377 e. The molecular weight excluding hydrogens is 267 g/mol. The Morgan fingerprint density at radius 2 is 2.33 bits per heavy atom. The van der Waals surface area contributed by atoms with E-state index >= 15 is 0 Å². The molecule has 3 nitrogen and oxygen atoms in total. The second-order valence-corrected chi connectivity index (χ2v) is 5.27. The van der Waals surface area contributed by atoms with E-state index < -0.39 is 0 Å². The number of benzene rings is 1. The topological polar surface area (TPSA) is 38.5 Å². The Kier molecular flexibility index (Phi) is 6.19. The molecule has 21 heavy (non-hydrogen) atoms. The number of likely N-dealkylation sites (tertiary alicyclic amines) is 1. The highest BCUT2D eigenvalue weighted by Gasteiger charge is 2.20. The molecule has 0 radical (unpaired) electrons. The molecule has 0 aromatic heterocycles. The first-order valence-corrected chi connectivity index (χ1v) is 7.54. The second kappa shape index (κ2) is 8.14. The van der Waals surface area contributed by atoms with Crippen molar-refractivity contribution < 1.29 is 9.13 Å².